The molecule has 1 aliphatic heterocycles. The van der Waals surface area contributed by atoms with Gasteiger partial charge in [-0.15, -0.1) is 0 Å². The first-order valence-electron chi connectivity index (χ1n) is 5.07. The zero-order valence-corrected chi connectivity index (χ0v) is 8.75. The summed E-state index contributed by atoms with van der Waals surface area (Å²) in [6, 6.07) is 8.53. The first-order valence-corrected chi connectivity index (χ1v) is 5.07. The van der Waals surface area contributed by atoms with E-state index < -0.39 is 0 Å². The molecule has 72 valence electrons. The van der Waals surface area contributed by atoms with Gasteiger partial charge in [0.25, 0.3) is 0 Å². The molecular weight excluding hydrogens is 170 g/mol. The van der Waals surface area contributed by atoms with Gasteiger partial charge < -0.3 is 0 Å². The maximum atomic E-state index is 4.38. The van der Waals surface area contributed by atoms with E-state index in [0.29, 0.717) is 0 Å². The average Bonchev–Trinajstić information content (AvgIpc) is 2.20. The Morgan fingerprint density at radius 1 is 1.14 bits per heavy atom. The molecule has 0 N–H and O–H groups in total. The quantitative estimate of drug-likeness (QED) is 0.634. The zero-order chi connectivity index (χ0) is 9.97. The summed E-state index contributed by atoms with van der Waals surface area (Å²) in [7, 11) is 0. The molecule has 2 rings (SSSR count). The summed E-state index contributed by atoms with van der Waals surface area (Å²) in [6.45, 7) is 4.26. The minimum absolute atomic E-state index is 1.07. The Balaban J connectivity index is 2.49. The van der Waals surface area contributed by atoms with Gasteiger partial charge in [-0.3, -0.25) is 4.99 Å². The minimum atomic E-state index is 1.07. The molecule has 0 aromatic heterocycles. The molecule has 0 unspecified atom stereocenters. The number of benzene rings is 1. The van der Waals surface area contributed by atoms with E-state index in [9.17, 15) is 0 Å². The van der Waals surface area contributed by atoms with Crippen molar-refractivity contribution in [2.75, 3.05) is 0 Å². The summed E-state index contributed by atoms with van der Waals surface area (Å²) in [4.78, 5) is 4.38. The molecule has 0 fully saturated rings. The molecule has 1 aromatic rings. The Morgan fingerprint density at radius 2 is 1.93 bits per heavy atom. The molecule has 0 bridgehead atoms. The molecule has 1 heteroatoms. The second kappa shape index (κ2) is 3.79. The fourth-order valence-corrected chi connectivity index (χ4v) is 1.91. The Kier molecular flexibility index (Phi) is 2.49. The van der Waals surface area contributed by atoms with Crippen LogP contribution in [0.15, 0.2) is 35.0 Å². The van der Waals surface area contributed by atoms with Crippen LogP contribution in [-0.2, 0) is 0 Å². The van der Waals surface area contributed by atoms with E-state index in [1.165, 1.54) is 22.4 Å². The maximum Gasteiger partial charge on any atom is 0.0406 e. The minimum Gasteiger partial charge on any atom is -0.266 e. The topological polar surface area (TPSA) is 12.4 Å². The van der Waals surface area contributed by atoms with Crippen molar-refractivity contribution in [3.63, 3.8) is 0 Å². The van der Waals surface area contributed by atoms with E-state index in [4.69, 9.17) is 0 Å². The summed E-state index contributed by atoms with van der Waals surface area (Å²) in [5, 5.41) is 0. The van der Waals surface area contributed by atoms with Crippen LogP contribution in [0.25, 0.3) is 5.57 Å². The lowest BCUT2D eigenvalue weighted by atomic mass is 9.94. The van der Waals surface area contributed by atoms with Gasteiger partial charge in [0.05, 0.1) is 0 Å². The van der Waals surface area contributed by atoms with E-state index in [1.807, 2.05) is 6.21 Å². The van der Waals surface area contributed by atoms with Gasteiger partial charge in [-0.2, -0.15) is 0 Å². The van der Waals surface area contributed by atoms with Crippen LogP contribution in [0.4, 0.5) is 0 Å². The first kappa shape index (κ1) is 9.20. The van der Waals surface area contributed by atoms with Crippen molar-refractivity contribution >= 4 is 11.8 Å². The third-order valence-electron chi connectivity index (χ3n) is 2.72. The highest BCUT2D eigenvalue weighted by molar-refractivity contribution is 5.77. The summed E-state index contributed by atoms with van der Waals surface area (Å²) in [5.41, 5.74) is 5.29. The lowest BCUT2D eigenvalue weighted by molar-refractivity contribution is 1.06. The second-order valence-corrected chi connectivity index (χ2v) is 3.73. The predicted molar refractivity (Wildman–Crippen MR) is 61.5 cm³/mol. The Hall–Kier alpha value is -1.37. The smallest absolute Gasteiger partial charge is 0.0406 e. The van der Waals surface area contributed by atoms with Gasteiger partial charge in [0.15, 0.2) is 0 Å². The fourth-order valence-electron chi connectivity index (χ4n) is 1.91. The van der Waals surface area contributed by atoms with Crippen LogP contribution < -0.4 is 0 Å². The van der Waals surface area contributed by atoms with Crippen LogP contribution in [0, 0.1) is 6.92 Å². The summed E-state index contributed by atoms with van der Waals surface area (Å²) in [5.74, 6) is 0. The number of aryl methyl sites for hydroxylation is 1. The van der Waals surface area contributed by atoms with Crippen LogP contribution in [0.5, 0.6) is 0 Å². The molecule has 1 heterocycles. The van der Waals surface area contributed by atoms with E-state index in [0.717, 1.165) is 12.8 Å². The molecule has 0 saturated carbocycles. The van der Waals surface area contributed by atoms with Crippen LogP contribution in [0.2, 0.25) is 0 Å². The summed E-state index contributed by atoms with van der Waals surface area (Å²) >= 11 is 0. The predicted octanol–water partition coefficient (Wildman–Crippen LogP) is 3.59. The van der Waals surface area contributed by atoms with Gasteiger partial charge in [0.2, 0.25) is 0 Å². The highest BCUT2D eigenvalue weighted by Crippen LogP contribution is 2.28. The van der Waals surface area contributed by atoms with Gasteiger partial charge in [0, 0.05) is 11.9 Å². The van der Waals surface area contributed by atoms with E-state index >= 15 is 0 Å². The number of aliphatic imine (C=N–C) groups is 1. The molecular formula is C13H15N. The Bertz CT molecular complexity index is 399. The zero-order valence-electron chi connectivity index (χ0n) is 8.75. The van der Waals surface area contributed by atoms with Crippen molar-refractivity contribution in [1.29, 1.82) is 0 Å². The molecule has 1 nitrogen and oxygen atoms in total. The third kappa shape index (κ3) is 1.63. The lowest BCUT2D eigenvalue weighted by Crippen LogP contribution is -1.96. The van der Waals surface area contributed by atoms with Crippen molar-refractivity contribution in [1.82, 2.24) is 0 Å². The van der Waals surface area contributed by atoms with Crippen LogP contribution in [-0.4, -0.2) is 6.21 Å². The van der Waals surface area contributed by atoms with Crippen molar-refractivity contribution in [3.8, 4) is 0 Å². The molecule has 0 radical (unpaired) electrons. The highest BCUT2D eigenvalue weighted by Gasteiger charge is 2.09. The molecule has 0 amide bonds. The molecule has 0 aliphatic carbocycles. The summed E-state index contributed by atoms with van der Waals surface area (Å²) in [6.07, 6.45) is 4.21. The number of rotatable bonds is 1. The van der Waals surface area contributed by atoms with Crippen LogP contribution in [0.3, 0.4) is 0 Å². The van der Waals surface area contributed by atoms with E-state index in [2.05, 4.69) is 43.1 Å². The largest absolute Gasteiger partial charge is 0.266 e. The standard InChI is InChI=1S/C13H15N/c1-10-6-3-4-7-12(10)13-8-5-9-14-11(13)2/h3-4,6-7,9H,5,8H2,1-2H3. The number of hydrogen-bond donors (Lipinski definition) is 0. The molecule has 14 heavy (non-hydrogen) atoms. The molecule has 0 spiro atoms. The average molecular weight is 185 g/mol. The first-order chi connectivity index (χ1) is 6.79. The van der Waals surface area contributed by atoms with Crippen LogP contribution >= 0.6 is 0 Å². The third-order valence-corrected chi connectivity index (χ3v) is 2.72. The van der Waals surface area contributed by atoms with Gasteiger partial charge in [-0.05, 0) is 43.4 Å². The van der Waals surface area contributed by atoms with Crippen molar-refractivity contribution in [2.45, 2.75) is 26.7 Å². The lowest BCUT2D eigenvalue weighted by Gasteiger charge is -2.14. The normalized spacial score (nSPS) is 16.1. The maximum absolute atomic E-state index is 4.38. The van der Waals surface area contributed by atoms with Gasteiger partial charge in [0.1, 0.15) is 0 Å². The Labute approximate surface area is 85.2 Å². The van der Waals surface area contributed by atoms with Crippen LogP contribution in [0.1, 0.15) is 30.9 Å². The fraction of sp³-hybridized carbons (Fsp3) is 0.308. The molecule has 0 atom stereocenters. The number of allylic oxidation sites excluding steroid dienone is 2. The molecule has 0 saturated heterocycles. The van der Waals surface area contributed by atoms with Gasteiger partial charge in [-0.25, -0.2) is 0 Å². The van der Waals surface area contributed by atoms with Crippen molar-refractivity contribution in [2.24, 2.45) is 4.99 Å². The number of nitrogens with zero attached hydrogens (tertiary/aromatic N) is 1. The van der Waals surface area contributed by atoms with Crippen molar-refractivity contribution in [3.05, 3.63) is 41.1 Å². The molecule has 1 aromatic carbocycles. The van der Waals surface area contributed by atoms with E-state index in [-0.39, 0.29) is 0 Å². The second-order valence-electron chi connectivity index (χ2n) is 3.73. The SMILES string of the molecule is CC1=C(c2ccccc2C)CCC=N1. The monoisotopic (exact) mass is 185 g/mol. The molecule has 1 aliphatic rings. The number of hydrogen-bond acceptors (Lipinski definition) is 1. The summed E-state index contributed by atoms with van der Waals surface area (Å²) < 4.78 is 0. The van der Waals surface area contributed by atoms with Gasteiger partial charge in [-0.1, -0.05) is 24.3 Å². The van der Waals surface area contributed by atoms with Gasteiger partial charge >= 0.3 is 0 Å². The highest BCUT2D eigenvalue weighted by atomic mass is 14.7. The van der Waals surface area contributed by atoms with E-state index in [1.54, 1.807) is 0 Å². The van der Waals surface area contributed by atoms with Crippen molar-refractivity contribution < 1.29 is 0 Å². The Morgan fingerprint density at radius 3 is 2.64 bits per heavy atom.